The van der Waals surface area contributed by atoms with Crippen LogP contribution in [0.1, 0.15) is 12.8 Å². The van der Waals surface area contributed by atoms with Crippen LogP contribution in [0.4, 0.5) is 0 Å². The molecule has 6 heteroatoms. The van der Waals surface area contributed by atoms with Gasteiger partial charge in [-0.3, -0.25) is 0 Å². The molecule has 0 aromatic heterocycles. The maximum absolute atomic E-state index is 9.21. The molecule has 1 nitrogen and oxygen atoms in total. The summed E-state index contributed by atoms with van der Waals surface area (Å²) in [7, 11) is 0. The Hall–Kier alpha value is 0.990. The zero-order chi connectivity index (χ0) is 9.57. The summed E-state index contributed by atoms with van der Waals surface area (Å²) in [5.74, 6) is -0.0569. The van der Waals surface area contributed by atoms with Gasteiger partial charge in [0.2, 0.25) is 0 Å². The van der Waals surface area contributed by atoms with Gasteiger partial charge in [0.15, 0.2) is 8.67 Å². The normalized spacial score (nSPS) is 27.4. The average Bonchev–Trinajstić information content (AvgIpc) is 1.96. The summed E-state index contributed by atoms with van der Waals surface area (Å²) in [6.07, 6.45) is 0.554. The third kappa shape index (κ3) is 1.62. The second-order valence-electron chi connectivity index (χ2n) is 2.54. The van der Waals surface area contributed by atoms with E-state index in [0.29, 0.717) is 0 Å². The molecule has 0 heterocycles. The van der Waals surface area contributed by atoms with Crippen LogP contribution in [0.5, 0.6) is 0 Å². The molecule has 0 spiro atoms. The fourth-order valence-corrected chi connectivity index (χ4v) is 2.02. The highest BCUT2D eigenvalue weighted by Crippen LogP contribution is 2.55. The lowest BCUT2D eigenvalue weighted by Gasteiger charge is -2.36. The first-order chi connectivity index (χ1) is 5.29. The molecule has 0 radical (unpaired) electrons. The highest BCUT2D eigenvalue weighted by Gasteiger charge is 2.53. The van der Waals surface area contributed by atoms with Crippen LogP contribution in [0.15, 0.2) is 10.8 Å². The van der Waals surface area contributed by atoms with E-state index >= 15 is 0 Å². The van der Waals surface area contributed by atoms with Crippen molar-refractivity contribution in [1.29, 1.82) is 0 Å². The van der Waals surface area contributed by atoms with Crippen molar-refractivity contribution in [2.45, 2.75) is 21.5 Å². The molecule has 70 valence electrons. The first-order valence-electron chi connectivity index (χ1n) is 3.13. The third-order valence-corrected chi connectivity index (χ3v) is 4.71. The van der Waals surface area contributed by atoms with Crippen LogP contribution in [0.2, 0.25) is 0 Å². The van der Waals surface area contributed by atoms with E-state index in [0.717, 1.165) is 0 Å². The van der Waals surface area contributed by atoms with Crippen LogP contribution in [0.25, 0.3) is 0 Å². The van der Waals surface area contributed by atoms with Crippen molar-refractivity contribution in [3.05, 3.63) is 10.8 Å². The third-order valence-electron chi connectivity index (χ3n) is 1.66. The Morgan fingerprint density at radius 1 is 1.17 bits per heavy atom. The molecular formula is C6H5Cl5O. The van der Waals surface area contributed by atoms with E-state index in [1.807, 2.05) is 0 Å². The molecule has 0 atom stereocenters. The SMILES string of the molecule is OC1=C(Cl)C(Cl)(Cl)C(Cl)(Cl)CC1. The number of aliphatic hydroxyl groups is 1. The molecule has 0 fully saturated rings. The molecule has 0 unspecified atom stereocenters. The summed E-state index contributed by atoms with van der Waals surface area (Å²) >= 11 is 28.8. The Morgan fingerprint density at radius 3 is 2.08 bits per heavy atom. The fraction of sp³-hybridized carbons (Fsp3) is 0.667. The van der Waals surface area contributed by atoms with Crippen LogP contribution < -0.4 is 0 Å². The molecule has 0 aromatic rings. The highest BCUT2D eigenvalue weighted by molar-refractivity contribution is 6.66. The van der Waals surface area contributed by atoms with Gasteiger partial charge in [-0.15, -0.1) is 0 Å². The lowest BCUT2D eigenvalue weighted by atomic mass is 10.0. The molecule has 0 amide bonds. The molecule has 0 saturated heterocycles. The second kappa shape index (κ2) is 3.29. The Morgan fingerprint density at radius 2 is 1.67 bits per heavy atom. The summed E-state index contributed by atoms with van der Waals surface area (Å²) in [5.41, 5.74) is 0. The van der Waals surface area contributed by atoms with E-state index in [2.05, 4.69) is 0 Å². The zero-order valence-corrected chi connectivity index (χ0v) is 9.53. The van der Waals surface area contributed by atoms with Gasteiger partial charge in [0, 0.05) is 6.42 Å². The van der Waals surface area contributed by atoms with Crippen molar-refractivity contribution in [3.63, 3.8) is 0 Å². The summed E-state index contributed by atoms with van der Waals surface area (Å²) in [4.78, 5) is 0. The van der Waals surface area contributed by atoms with Gasteiger partial charge in [-0.1, -0.05) is 58.0 Å². The molecule has 1 N–H and O–H groups in total. The van der Waals surface area contributed by atoms with Gasteiger partial charge in [-0.25, -0.2) is 0 Å². The lowest BCUT2D eigenvalue weighted by Crippen LogP contribution is -2.40. The van der Waals surface area contributed by atoms with Crippen LogP contribution in [0.3, 0.4) is 0 Å². The standard InChI is InChI=1S/C6H5Cl5O/c7-4-3(12)1-2-5(8,9)6(4,10)11/h12H,1-2H2. The van der Waals surface area contributed by atoms with E-state index in [9.17, 15) is 5.11 Å². The van der Waals surface area contributed by atoms with Crippen molar-refractivity contribution in [3.8, 4) is 0 Å². The van der Waals surface area contributed by atoms with Crippen molar-refractivity contribution in [2.75, 3.05) is 0 Å². The molecule has 0 aromatic carbocycles. The van der Waals surface area contributed by atoms with Crippen LogP contribution in [0, 0.1) is 0 Å². The molecule has 12 heavy (non-hydrogen) atoms. The number of halogens is 5. The quantitative estimate of drug-likeness (QED) is 0.656. The molecular weight excluding hydrogens is 265 g/mol. The summed E-state index contributed by atoms with van der Waals surface area (Å²) in [6, 6.07) is 0. The lowest BCUT2D eigenvalue weighted by molar-refractivity contribution is 0.358. The van der Waals surface area contributed by atoms with Gasteiger partial charge in [0.05, 0.1) is 5.03 Å². The minimum absolute atomic E-state index is 0.0569. The molecule has 1 aliphatic carbocycles. The number of hydrogen-bond donors (Lipinski definition) is 1. The van der Waals surface area contributed by atoms with Gasteiger partial charge < -0.3 is 5.11 Å². The molecule has 0 bridgehead atoms. The topological polar surface area (TPSA) is 20.2 Å². The maximum Gasteiger partial charge on any atom is 0.189 e. The molecule has 0 saturated carbocycles. The Kier molecular flexibility index (Phi) is 3.03. The van der Waals surface area contributed by atoms with E-state index in [1.54, 1.807) is 0 Å². The molecule has 0 aliphatic heterocycles. The van der Waals surface area contributed by atoms with Gasteiger partial charge in [-0.05, 0) is 6.42 Å². The zero-order valence-electron chi connectivity index (χ0n) is 5.75. The average molecular weight is 270 g/mol. The van der Waals surface area contributed by atoms with Crippen LogP contribution >= 0.6 is 58.0 Å². The van der Waals surface area contributed by atoms with Gasteiger partial charge in [0.1, 0.15) is 5.76 Å². The first kappa shape index (κ1) is 11.1. The van der Waals surface area contributed by atoms with E-state index in [-0.39, 0.29) is 23.6 Å². The maximum atomic E-state index is 9.21. The fourth-order valence-electron chi connectivity index (χ4n) is 0.884. The van der Waals surface area contributed by atoms with E-state index < -0.39 is 8.67 Å². The second-order valence-corrected chi connectivity index (χ2v) is 5.73. The number of hydrogen-bond acceptors (Lipinski definition) is 1. The minimum atomic E-state index is -1.62. The summed E-state index contributed by atoms with van der Waals surface area (Å²) in [6.45, 7) is 0. The number of alkyl halides is 4. The van der Waals surface area contributed by atoms with Crippen molar-refractivity contribution >= 4 is 58.0 Å². The number of aliphatic hydroxyl groups excluding tert-OH is 1. The van der Waals surface area contributed by atoms with Crippen LogP contribution in [-0.4, -0.2) is 13.8 Å². The van der Waals surface area contributed by atoms with Crippen molar-refractivity contribution in [1.82, 2.24) is 0 Å². The largest absolute Gasteiger partial charge is 0.511 e. The van der Waals surface area contributed by atoms with Gasteiger partial charge in [-0.2, -0.15) is 0 Å². The van der Waals surface area contributed by atoms with Crippen molar-refractivity contribution in [2.24, 2.45) is 0 Å². The van der Waals surface area contributed by atoms with Gasteiger partial charge >= 0.3 is 0 Å². The predicted molar refractivity (Wildman–Crippen MR) is 53.6 cm³/mol. The Labute approximate surface area is 95.2 Å². The summed E-state index contributed by atoms with van der Waals surface area (Å²) < 4.78 is -2.97. The monoisotopic (exact) mass is 268 g/mol. The molecule has 1 aliphatic rings. The van der Waals surface area contributed by atoms with E-state index in [1.165, 1.54) is 0 Å². The smallest absolute Gasteiger partial charge is 0.189 e. The molecule has 1 rings (SSSR count). The number of allylic oxidation sites excluding steroid dienone is 2. The first-order valence-corrected chi connectivity index (χ1v) is 5.02. The Bertz CT molecular complexity index is 232. The number of rotatable bonds is 0. The van der Waals surface area contributed by atoms with Gasteiger partial charge in [0.25, 0.3) is 0 Å². The highest BCUT2D eigenvalue weighted by atomic mass is 35.5. The Balaban J connectivity index is 3.12. The summed E-state index contributed by atoms with van der Waals surface area (Å²) in [5, 5.41) is 9.11. The predicted octanol–water partition coefficient (Wildman–Crippen LogP) is 4.14. The van der Waals surface area contributed by atoms with Crippen LogP contribution in [-0.2, 0) is 0 Å². The van der Waals surface area contributed by atoms with Crippen molar-refractivity contribution < 1.29 is 5.11 Å². The van der Waals surface area contributed by atoms with E-state index in [4.69, 9.17) is 58.0 Å². The minimum Gasteiger partial charge on any atom is -0.511 e.